The van der Waals surface area contributed by atoms with E-state index in [-0.39, 0.29) is 18.6 Å². The molecule has 0 aromatic carbocycles. The van der Waals surface area contributed by atoms with E-state index < -0.39 is 5.91 Å². The van der Waals surface area contributed by atoms with Gasteiger partial charge in [0.2, 0.25) is 0 Å². The second-order valence-corrected chi connectivity index (χ2v) is 2.72. The fourth-order valence-electron chi connectivity index (χ4n) is 1.13. The van der Waals surface area contributed by atoms with Crippen LogP contribution in [0.1, 0.15) is 12.8 Å². The number of ether oxygens (including phenoxy) is 1. The monoisotopic (exact) mass is 172 g/mol. The molecule has 1 amide bonds. The lowest BCUT2D eigenvalue weighted by Crippen LogP contribution is -2.34. The van der Waals surface area contributed by atoms with Crippen molar-refractivity contribution in [3.63, 3.8) is 0 Å². The third-order valence-electron chi connectivity index (χ3n) is 1.70. The summed E-state index contributed by atoms with van der Waals surface area (Å²) in [6, 6.07) is -0.246. The summed E-state index contributed by atoms with van der Waals surface area (Å²) >= 11 is 0. The predicted octanol–water partition coefficient (Wildman–Crippen LogP) is -1.23. The summed E-state index contributed by atoms with van der Waals surface area (Å²) in [7, 11) is 0. The maximum absolute atomic E-state index is 11.1. The third kappa shape index (κ3) is 2.50. The van der Waals surface area contributed by atoms with Crippen molar-refractivity contribution in [1.29, 1.82) is 0 Å². The van der Waals surface area contributed by atoms with Crippen LogP contribution >= 0.6 is 0 Å². The molecule has 1 saturated heterocycles. The Hall–Kier alpha value is -1.10. The molecule has 0 bridgehead atoms. The number of nitrogens with two attached hydrogens (primary N) is 1. The Morgan fingerprint density at radius 2 is 2.33 bits per heavy atom. The van der Waals surface area contributed by atoms with Crippen molar-refractivity contribution in [2.45, 2.75) is 18.9 Å². The minimum absolute atomic E-state index is 0.246. The molecule has 1 unspecified atom stereocenters. The zero-order chi connectivity index (χ0) is 8.97. The largest absolute Gasteiger partial charge is 0.454 e. The van der Waals surface area contributed by atoms with Gasteiger partial charge in [0.05, 0.1) is 0 Å². The van der Waals surface area contributed by atoms with E-state index in [0.29, 0.717) is 0 Å². The van der Waals surface area contributed by atoms with Gasteiger partial charge in [-0.2, -0.15) is 0 Å². The summed E-state index contributed by atoms with van der Waals surface area (Å²) in [5, 5.41) is 2.95. The van der Waals surface area contributed by atoms with Gasteiger partial charge < -0.3 is 15.8 Å². The van der Waals surface area contributed by atoms with Crippen molar-refractivity contribution in [1.82, 2.24) is 5.32 Å². The van der Waals surface area contributed by atoms with Crippen molar-refractivity contribution in [2.75, 3.05) is 13.2 Å². The zero-order valence-electron chi connectivity index (χ0n) is 6.71. The molecule has 68 valence electrons. The van der Waals surface area contributed by atoms with Crippen LogP contribution in [0, 0.1) is 0 Å². The van der Waals surface area contributed by atoms with Crippen LogP contribution in [0.3, 0.4) is 0 Å². The molecule has 3 N–H and O–H groups in total. The molecule has 0 saturated carbocycles. The summed E-state index contributed by atoms with van der Waals surface area (Å²) in [6.45, 7) is 0.507. The van der Waals surface area contributed by atoms with Crippen LogP contribution in [0.25, 0.3) is 0 Å². The van der Waals surface area contributed by atoms with E-state index in [1.807, 2.05) is 0 Å². The topological polar surface area (TPSA) is 81.4 Å². The summed E-state index contributed by atoms with van der Waals surface area (Å²) < 4.78 is 4.61. The molecule has 0 radical (unpaired) electrons. The maximum Gasteiger partial charge on any atom is 0.323 e. The van der Waals surface area contributed by atoms with Crippen LogP contribution in [0.5, 0.6) is 0 Å². The molecule has 1 rings (SSSR count). The number of rotatable bonds is 3. The van der Waals surface area contributed by atoms with Crippen LogP contribution < -0.4 is 11.1 Å². The average molecular weight is 172 g/mol. The van der Waals surface area contributed by atoms with Gasteiger partial charge in [-0.15, -0.1) is 0 Å². The standard InChI is InChI=1S/C7H12N2O3/c8-6(10)4-12-7(11)5-2-1-3-9-5/h5,9H,1-4H2,(H2,8,10). The Morgan fingerprint density at radius 3 is 2.83 bits per heavy atom. The van der Waals surface area contributed by atoms with Gasteiger partial charge in [0.15, 0.2) is 6.61 Å². The molecule has 1 atom stereocenters. The number of amides is 1. The molecule has 0 aliphatic carbocycles. The molecule has 12 heavy (non-hydrogen) atoms. The van der Waals surface area contributed by atoms with E-state index >= 15 is 0 Å². The molecule has 1 fully saturated rings. The minimum atomic E-state index is -0.624. The SMILES string of the molecule is NC(=O)COC(=O)C1CCCN1. The number of hydrogen-bond donors (Lipinski definition) is 2. The molecule has 1 aliphatic heterocycles. The summed E-state index contributed by atoms with van der Waals surface area (Å²) in [4.78, 5) is 21.3. The molecule has 1 heterocycles. The quantitative estimate of drug-likeness (QED) is 0.522. The number of esters is 1. The van der Waals surface area contributed by atoms with Gasteiger partial charge in [-0.3, -0.25) is 9.59 Å². The summed E-state index contributed by atoms with van der Waals surface area (Å²) in [6.07, 6.45) is 1.74. The first-order valence-corrected chi connectivity index (χ1v) is 3.88. The maximum atomic E-state index is 11.1. The first-order valence-electron chi connectivity index (χ1n) is 3.88. The zero-order valence-corrected chi connectivity index (χ0v) is 6.71. The van der Waals surface area contributed by atoms with Crippen molar-refractivity contribution < 1.29 is 14.3 Å². The average Bonchev–Trinajstić information content (AvgIpc) is 2.51. The second-order valence-electron chi connectivity index (χ2n) is 2.72. The molecule has 0 spiro atoms. The van der Waals surface area contributed by atoms with Gasteiger partial charge in [0.25, 0.3) is 5.91 Å². The van der Waals surface area contributed by atoms with E-state index in [9.17, 15) is 9.59 Å². The van der Waals surface area contributed by atoms with E-state index in [0.717, 1.165) is 19.4 Å². The molecule has 5 heteroatoms. The van der Waals surface area contributed by atoms with Crippen LogP contribution in [-0.4, -0.2) is 31.1 Å². The normalized spacial score (nSPS) is 22.2. The van der Waals surface area contributed by atoms with E-state index in [1.165, 1.54) is 0 Å². The van der Waals surface area contributed by atoms with Crippen LogP contribution in [-0.2, 0) is 14.3 Å². The van der Waals surface area contributed by atoms with Crippen LogP contribution in [0.2, 0.25) is 0 Å². The van der Waals surface area contributed by atoms with Crippen LogP contribution in [0.15, 0.2) is 0 Å². The van der Waals surface area contributed by atoms with Crippen molar-refractivity contribution in [3.05, 3.63) is 0 Å². The van der Waals surface area contributed by atoms with Gasteiger partial charge in [-0.25, -0.2) is 0 Å². The summed E-state index contributed by atoms with van der Waals surface area (Å²) in [5.41, 5.74) is 4.80. The Bertz CT molecular complexity index is 187. The Balaban J connectivity index is 2.23. The fraction of sp³-hybridized carbons (Fsp3) is 0.714. The lowest BCUT2D eigenvalue weighted by atomic mass is 10.2. The Labute approximate surface area is 70.2 Å². The highest BCUT2D eigenvalue weighted by Crippen LogP contribution is 2.05. The van der Waals surface area contributed by atoms with Gasteiger partial charge in [-0.05, 0) is 19.4 Å². The number of primary amides is 1. The fourth-order valence-corrected chi connectivity index (χ4v) is 1.13. The van der Waals surface area contributed by atoms with Crippen LogP contribution in [0.4, 0.5) is 0 Å². The van der Waals surface area contributed by atoms with Crippen molar-refractivity contribution in [3.8, 4) is 0 Å². The Kier molecular flexibility index (Phi) is 3.04. The van der Waals surface area contributed by atoms with Gasteiger partial charge in [-0.1, -0.05) is 0 Å². The molecule has 5 nitrogen and oxygen atoms in total. The number of hydrogen-bond acceptors (Lipinski definition) is 4. The summed E-state index contributed by atoms with van der Waals surface area (Å²) in [5.74, 6) is -1.01. The van der Waals surface area contributed by atoms with Gasteiger partial charge >= 0.3 is 5.97 Å². The predicted molar refractivity (Wildman–Crippen MR) is 41.2 cm³/mol. The second kappa shape index (κ2) is 4.06. The number of carbonyl (C=O) groups is 2. The van der Waals surface area contributed by atoms with Crippen molar-refractivity contribution >= 4 is 11.9 Å². The highest BCUT2D eigenvalue weighted by Gasteiger charge is 2.23. The van der Waals surface area contributed by atoms with E-state index in [4.69, 9.17) is 5.73 Å². The molecule has 1 aliphatic rings. The molecular formula is C7H12N2O3. The molecule has 0 aromatic rings. The van der Waals surface area contributed by atoms with E-state index in [2.05, 4.69) is 10.1 Å². The highest BCUT2D eigenvalue weighted by atomic mass is 16.5. The Morgan fingerprint density at radius 1 is 1.58 bits per heavy atom. The van der Waals surface area contributed by atoms with E-state index in [1.54, 1.807) is 0 Å². The first kappa shape index (κ1) is 8.99. The number of carbonyl (C=O) groups excluding carboxylic acids is 2. The van der Waals surface area contributed by atoms with Gasteiger partial charge in [0, 0.05) is 0 Å². The smallest absolute Gasteiger partial charge is 0.323 e. The molecular weight excluding hydrogens is 160 g/mol. The highest BCUT2D eigenvalue weighted by molar-refractivity contribution is 5.81. The number of nitrogens with one attached hydrogen (secondary N) is 1. The third-order valence-corrected chi connectivity index (χ3v) is 1.70. The van der Waals surface area contributed by atoms with Crippen molar-refractivity contribution in [2.24, 2.45) is 5.73 Å². The minimum Gasteiger partial charge on any atom is -0.454 e. The molecule has 0 aromatic heterocycles. The van der Waals surface area contributed by atoms with Gasteiger partial charge in [0.1, 0.15) is 6.04 Å². The first-order chi connectivity index (χ1) is 5.70. The lowest BCUT2D eigenvalue weighted by Gasteiger charge is -2.07. The lowest BCUT2D eigenvalue weighted by molar-refractivity contribution is -0.149.